The van der Waals surface area contributed by atoms with Gasteiger partial charge in [0.2, 0.25) is 0 Å². The van der Waals surface area contributed by atoms with Gasteiger partial charge in [-0.25, -0.2) is 9.56 Å². The van der Waals surface area contributed by atoms with Crippen LogP contribution in [0.15, 0.2) is 9.98 Å². The molecule has 14 heteroatoms. The minimum absolute atomic E-state index is 0.0642. The van der Waals surface area contributed by atoms with Crippen LogP contribution in [-0.2, 0) is 18.6 Å². The fourth-order valence-electron chi connectivity index (χ4n) is 2.43. The number of phosphoric ester groups is 1. The molecular formula is C10H14N5O6PS2. The highest BCUT2D eigenvalue weighted by molar-refractivity contribution is 7.86. The van der Waals surface area contributed by atoms with Gasteiger partial charge in [-0.3, -0.25) is 20.0 Å². The Bertz CT molecular complexity index is 695. The molecule has 0 aromatic heterocycles. The van der Waals surface area contributed by atoms with Crippen molar-refractivity contribution in [2.75, 3.05) is 6.61 Å². The Morgan fingerprint density at radius 2 is 2.12 bits per heavy atom. The Hall–Kier alpha value is -0.920. The van der Waals surface area contributed by atoms with E-state index in [0.29, 0.717) is 4.86 Å². The van der Waals surface area contributed by atoms with Crippen molar-refractivity contribution >= 4 is 55.0 Å². The number of nitrogens with two attached hydrogens (primary N) is 1. The normalized spacial score (nSPS) is 35.9. The van der Waals surface area contributed by atoms with E-state index in [1.54, 1.807) is 0 Å². The molecule has 132 valence electrons. The van der Waals surface area contributed by atoms with Gasteiger partial charge in [0.05, 0.1) is 11.9 Å². The Morgan fingerprint density at radius 1 is 1.42 bits per heavy atom. The number of fused-ring (bicyclic) bond motifs is 2. The molecule has 3 aliphatic heterocycles. The Morgan fingerprint density at radius 3 is 2.79 bits per heavy atom. The van der Waals surface area contributed by atoms with Crippen LogP contribution >= 0.6 is 32.7 Å². The number of hydrogen-bond acceptors (Lipinski definition) is 10. The average molecular weight is 395 g/mol. The van der Waals surface area contributed by atoms with Crippen molar-refractivity contribution in [1.82, 2.24) is 10.6 Å². The van der Waals surface area contributed by atoms with Crippen molar-refractivity contribution in [3.63, 3.8) is 0 Å². The number of aliphatic imine (C=N–C) groups is 2. The van der Waals surface area contributed by atoms with E-state index >= 15 is 0 Å². The zero-order valence-corrected chi connectivity index (χ0v) is 14.5. The van der Waals surface area contributed by atoms with Crippen molar-refractivity contribution in [1.29, 1.82) is 0 Å². The van der Waals surface area contributed by atoms with Gasteiger partial charge in [-0.1, -0.05) is 12.2 Å². The van der Waals surface area contributed by atoms with Crippen LogP contribution in [-0.4, -0.2) is 68.6 Å². The third kappa shape index (κ3) is 3.53. The average Bonchev–Trinajstić information content (AvgIpc) is 2.47. The summed E-state index contributed by atoms with van der Waals surface area (Å²) in [5.74, 6) is -0.313. The van der Waals surface area contributed by atoms with Gasteiger partial charge in [0.25, 0.3) is 5.91 Å². The summed E-state index contributed by atoms with van der Waals surface area (Å²) in [6, 6.07) is -0.678. The lowest BCUT2D eigenvalue weighted by Gasteiger charge is -2.42. The third-order valence-corrected chi connectivity index (χ3v) is 5.25. The molecule has 24 heavy (non-hydrogen) atoms. The number of thiocarbonyl (C=S) groups is 1. The predicted octanol–water partition coefficient (Wildman–Crippen LogP) is -2.33. The van der Waals surface area contributed by atoms with Crippen LogP contribution < -0.4 is 16.4 Å². The number of nitrogens with zero attached hydrogens (tertiary/aromatic N) is 2. The minimum atomic E-state index is -4.65. The Kier molecular flexibility index (Phi) is 4.79. The molecule has 6 N–H and O–H groups in total. The molecule has 0 bridgehead atoms. The SMILES string of the molecule is NC1N=C2N[C@@H]3O[C@H](COP(=O)(O)O)C(S)C(=S)C3N=C2C(=O)N1. The summed E-state index contributed by atoms with van der Waals surface area (Å²) in [7, 11) is -4.65. The number of rotatable bonds is 3. The second kappa shape index (κ2) is 6.42. The molecular weight excluding hydrogens is 381 g/mol. The van der Waals surface area contributed by atoms with Crippen LogP contribution in [0.3, 0.4) is 0 Å². The first-order valence-electron chi connectivity index (χ1n) is 6.72. The number of carbonyl (C=O) groups is 1. The zero-order valence-electron chi connectivity index (χ0n) is 11.9. The molecule has 0 radical (unpaired) electrons. The maximum atomic E-state index is 11.9. The fourth-order valence-corrected chi connectivity index (χ4v) is 3.41. The van der Waals surface area contributed by atoms with Crippen LogP contribution in [0, 0.1) is 0 Å². The molecule has 0 aromatic rings. The topological polar surface area (TPSA) is 168 Å². The van der Waals surface area contributed by atoms with Crippen LogP contribution in [0.1, 0.15) is 0 Å². The molecule has 1 amide bonds. The maximum Gasteiger partial charge on any atom is 0.469 e. The number of carbonyl (C=O) groups excluding carboxylic acids is 1. The summed E-state index contributed by atoms with van der Waals surface area (Å²) in [5.41, 5.74) is 5.64. The smallest absolute Gasteiger partial charge is 0.349 e. The largest absolute Gasteiger partial charge is 0.469 e. The van der Waals surface area contributed by atoms with E-state index in [4.69, 9.17) is 32.5 Å². The number of amides is 1. The first-order valence-corrected chi connectivity index (χ1v) is 9.17. The number of amidine groups is 1. The monoisotopic (exact) mass is 395 g/mol. The predicted molar refractivity (Wildman–Crippen MR) is 89.9 cm³/mol. The van der Waals surface area contributed by atoms with Crippen molar-refractivity contribution in [2.45, 2.75) is 29.9 Å². The molecule has 3 unspecified atom stereocenters. The molecule has 0 aromatic carbocycles. The summed E-state index contributed by atoms with van der Waals surface area (Å²) in [6.07, 6.45) is -2.49. The molecule has 11 nitrogen and oxygen atoms in total. The van der Waals surface area contributed by atoms with E-state index < -0.39 is 50.3 Å². The Labute approximate surface area is 146 Å². The van der Waals surface area contributed by atoms with Crippen LogP contribution in [0.5, 0.6) is 0 Å². The lowest BCUT2D eigenvalue weighted by Crippen LogP contribution is -2.66. The lowest BCUT2D eigenvalue weighted by atomic mass is 9.99. The standard InChI is InChI=1S/C10H14N5O6PS2/c11-10-14-7-4(8(16)15-10)12-3-6(24)5(23)2(21-9(3)13-7)1-20-22(17,18)19/h2-3,5,9-10,23H,1,11H2,(H,13,14)(H,15,16)(H2,17,18,19)/t2-,3?,5?,9-,10?/m1/s1. The first-order chi connectivity index (χ1) is 11.2. The number of hydrogen-bond donors (Lipinski definition) is 6. The summed E-state index contributed by atoms with van der Waals surface area (Å²) in [6.45, 7) is -0.410. The highest BCUT2D eigenvalue weighted by atomic mass is 32.1. The molecule has 0 spiro atoms. The number of phosphoric acid groups is 1. The zero-order chi connectivity index (χ0) is 17.6. The maximum absolute atomic E-state index is 11.9. The van der Waals surface area contributed by atoms with E-state index in [1.165, 1.54) is 0 Å². The number of ether oxygens (including phenoxy) is 1. The van der Waals surface area contributed by atoms with Crippen LogP contribution in [0.2, 0.25) is 0 Å². The van der Waals surface area contributed by atoms with Crippen LogP contribution in [0.25, 0.3) is 0 Å². The summed E-state index contributed by atoms with van der Waals surface area (Å²) in [5, 5.41) is 4.64. The molecule has 0 aliphatic carbocycles. The van der Waals surface area contributed by atoms with Gasteiger partial charge in [0.1, 0.15) is 12.1 Å². The van der Waals surface area contributed by atoms with Gasteiger partial charge in [-0.15, -0.1) is 0 Å². The van der Waals surface area contributed by atoms with Crippen molar-refractivity contribution in [3.05, 3.63) is 0 Å². The van der Waals surface area contributed by atoms with E-state index in [0.717, 1.165) is 0 Å². The first kappa shape index (κ1) is 17.9. The van der Waals surface area contributed by atoms with Crippen LogP contribution in [0.4, 0.5) is 0 Å². The van der Waals surface area contributed by atoms with Gasteiger partial charge in [0, 0.05) is 4.86 Å². The molecule has 0 saturated carbocycles. The quantitative estimate of drug-likeness (QED) is 0.174. The fraction of sp³-hybridized carbons (Fsp3) is 0.600. The molecule has 1 fully saturated rings. The molecule has 3 aliphatic rings. The van der Waals surface area contributed by atoms with Crippen molar-refractivity contribution < 1.29 is 28.4 Å². The molecule has 3 rings (SSSR count). The van der Waals surface area contributed by atoms with Gasteiger partial charge < -0.3 is 25.2 Å². The molecule has 5 atom stereocenters. The van der Waals surface area contributed by atoms with E-state index in [1.807, 2.05) is 0 Å². The van der Waals surface area contributed by atoms with Crippen molar-refractivity contribution in [2.24, 2.45) is 15.7 Å². The third-order valence-electron chi connectivity index (χ3n) is 3.48. The summed E-state index contributed by atoms with van der Waals surface area (Å²) in [4.78, 5) is 38.2. The van der Waals surface area contributed by atoms with E-state index in [2.05, 4.69) is 37.8 Å². The summed E-state index contributed by atoms with van der Waals surface area (Å²) >= 11 is 9.62. The molecule has 1 saturated heterocycles. The van der Waals surface area contributed by atoms with Gasteiger partial charge in [-0.05, 0) is 0 Å². The van der Waals surface area contributed by atoms with Gasteiger partial charge >= 0.3 is 7.82 Å². The van der Waals surface area contributed by atoms with Gasteiger partial charge in [-0.2, -0.15) is 12.6 Å². The minimum Gasteiger partial charge on any atom is -0.349 e. The second-order valence-corrected chi connectivity index (χ2v) is 7.46. The number of nitrogens with one attached hydrogen (secondary N) is 2. The van der Waals surface area contributed by atoms with Crippen molar-refractivity contribution in [3.8, 4) is 0 Å². The highest BCUT2D eigenvalue weighted by Crippen LogP contribution is 2.37. The summed E-state index contributed by atoms with van der Waals surface area (Å²) < 4.78 is 21.0. The molecule has 3 heterocycles. The second-order valence-electron chi connectivity index (χ2n) is 5.19. The Balaban J connectivity index is 1.82. The highest BCUT2D eigenvalue weighted by Gasteiger charge is 2.46. The van der Waals surface area contributed by atoms with E-state index in [-0.39, 0.29) is 11.5 Å². The van der Waals surface area contributed by atoms with Gasteiger partial charge in [0.15, 0.2) is 24.1 Å². The lowest BCUT2D eigenvalue weighted by molar-refractivity contribution is -0.115. The number of thiol groups is 1. The van der Waals surface area contributed by atoms with E-state index in [9.17, 15) is 9.36 Å².